The third-order valence-corrected chi connectivity index (χ3v) is 3.89. The summed E-state index contributed by atoms with van der Waals surface area (Å²) in [6, 6.07) is 15.6. The van der Waals surface area contributed by atoms with E-state index in [-0.39, 0.29) is 11.5 Å². The van der Waals surface area contributed by atoms with Crippen molar-refractivity contribution in [2.24, 2.45) is 0 Å². The normalized spacial score (nSPS) is 11.2. The quantitative estimate of drug-likeness (QED) is 0.711. The number of rotatable bonds is 2. The number of halogens is 1. The summed E-state index contributed by atoms with van der Waals surface area (Å²) in [4.78, 5) is 15.4. The minimum absolute atomic E-state index is 0.0290. The van der Waals surface area contributed by atoms with Crippen molar-refractivity contribution in [1.82, 2.24) is 4.98 Å². The zero-order chi connectivity index (χ0) is 15.0. The van der Waals surface area contributed by atoms with Crippen molar-refractivity contribution in [3.05, 3.63) is 69.5 Å². The van der Waals surface area contributed by atoms with Gasteiger partial charge in [-0.15, -0.1) is 0 Å². The summed E-state index contributed by atoms with van der Waals surface area (Å²) in [7, 11) is 0. The number of fused-ring (bicyclic) bond motifs is 1. The fraction of sp³-hybridized carbons (Fsp3) is 0.167. The second-order valence-corrected chi connectivity index (χ2v) is 5.89. The highest BCUT2D eigenvalue weighted by Crippen LogP contribution is 2.33. The van der Waals surface area contributed by atoms with Crippen molar-refractivity contribution in [3.63, 3.8) is 0 Å². The zero-order valence-corrected chi connectivity index (χ0v) is 12.7. The Morgan fingerprint density at radius 2 is 1.76 bits per heavy atom. The number of H-pyrrole nitrogens is 1. The van der Waals surface area contributed by atoms with E-state index >= 15 is 0 Å². The molecule has 0 bridgehead atoms. The molecule has 0 spiro atoms. The number of pyridine rings is 1. The first-order chi connectivity index (χ1) is 10.1. The number of aromatic nitrogens is 1. The van der Waals surface area contributed by atoms with E-state index in [4.69, 9.17) is 11.6 Å². The molecule has 3 aromatic rings. The van der Waals surface area contributed by atoms with Crippen LogP contribution >= 0.6 is 11.6 Å². The smallest absolute Gasteiger partial charge is 0.252 e. The molecule has 0 unspecified atom stereocenters. The summed E-state index contributed by atoms with van der Waals surface area (Å²) in [5, 5.41) is 1.65. The predicted octanol–water partition coefficient (Wildman–Crippen LogP) is 4.97. The number of hydrogen-bond donors (Lipinski definition) is 1. The Kier molecular flexibility index (Phi) is 3.56. The number of benzene rings is 2. The molecule has 0 fully saturated rings. The minimum atomic E-state index is -0.0290. The van der Waals surface area contributed by atoms with Crippen LogP contribution in [0.2, 0.25) is 5.02 Å². The van der Waals surface area contributed by atoms with Crippen molar-refractivity contribution >= 4 is 22.5 Å². The van der Waals surface area contributed by atoms with Crippen molar-refractivity contribution in [2.75, 3.05) is 0 Å². The van der Waals surface area contributed by atoms with Crippen LogP contribution in [0.5, 0.6) is 0 Å². The largest absolute Gasteiger partial charge is 0.322 e. The molecule has 0 saturated heterocycles. The molecule has 1 heterocycles. The SMILES string of the molecule is CC(C)c1c(-c2ccccc2)c2cc(Cl)ccc2[nH]c1=O. The maximum Gasteiger partial charge on any atom is 0.252 e. The molecule has 0 amide bonds. The zero-order valence-electron chi connectivity index (χ0n) is 12.0. The Labute approximate surface area is 128 Å². The summed E-state index contributed by atoms with van der Waals surface area (Å²) < 4.78 is 0. The summed E-state index contributed by atoms with van der Waals surface area (Å²) in [6.45, 7) is 4.07. The van der Waals surface area contributed by atoms with Gasteiger partial charge in [0, 0.05) is 21.5 Å². The van der Waals surface area contributed by atoms with E-state index in [1.165, 1.54) is 0 Å². The highest BCUT2D eigenvalue weighted by Gasteiger charge is 2.17. The van der Waals surface area contributed by atoms with Gasteiger partial charge >= 0.3 is 0 Å². The molecule has 0 atom stereocenters. The highest BCUT2D eigenvalue weighted by molar-refractivity contribution is 6.31. The average molecular weight is 298 g/mol. The number of hydrogen-bond acceptors (Lipinski definition) is 1. The van der Waals surface area contributed by atoms with Gasteiger partial charge in [0.1, 0.15) is 0 Å². The first-order valence-electron chi connectivity index (χ1n) is 6.99. The lowest BCUT2D eigenvalue weighted by molar-refractivity contribution is 0.851. The van der Waals surface area contributed by atoms with Gasteiger partial charge in [0.25, 0.3) is 5.56 Å². The van der Waals surface area contributed by atoms with Crippen molar-refractivity contribution < 1.29 is 0 Å². The molecule has 0 aliphatic carbocycles. The molecule has 2 nitrogen and oxygen atoms in total. The number of aromatic amines is 1. The van der Waals surface area contributed by atoms with E-state index in [0.29, 0.717) is 5.02 Å². The van der Waals surface area contributed by atoms with Crippen LogP contribution in [0, 0.1) is 0 Å². The standard InChI is InChI=1S/C18H16ClNO/c1-11(2)16-17(12-6-4-3-5-7-12)14-10-13(19)8-9-15(14)20-18(16)21/h3-11H,1-2H3,(H,20,21). The molecule has 21 heavy (non-hydrogen) atoms. The van der Waals surface area contributed by atoms with Gasteiger partial charge in [0.15, 0.2) is 0 Å². The van der Waals surface area contributed by atoms with Gasteiger partial charge in [-0.05, 0) is 35.2 Å². The second-order valence-electron chi connectivity index (χ2n) is 5.45. The lowest BCUT2D eigenvalue weighted by Crippen LogP contribution is -2.16. The van der Waals surface area contributed by atoms with Crippen LogP contribution < -0.4 is 5.56 Å². The maximum absolute atomic E-state index is 12.5. The molecule has 2 aromatic carbocycles. The molecule has 0 radical (unpaired) electrons. The lowest BCUT2D eigenvalue weighted by Gasteiger charge is -2.15. The van der Waals surface area contributed by atoms with E-state index in [2.05, 4.69) is 4.98 Å². The van der Waals surface area contributed by atoms with Crippen LogP contribution in [0.15, 0.2) is 53.3 Å². The minimum Gasteiger partial charge on any atom is -0.322 e. The molecule has 3 rings (SSSR count). The molecule has 1 aromatic heterocycles. The molecular formula is C18H16ClNO. The molecule has 1 N–H and O–H groups in total. The van der Waals surface area contributed by atoms with Gasteiger partial charge in [-0.3, -0.25) is 4.79 Å². The Balaban J connectivity index is 2.50. The van der Waals surface area contributed by atoms with E-state index in [1.807, 2.05) is 56.3 Å². The molecule has 0 aliphatic heterocycles. The van der Waals surface area contributed by atoms with Crippen molar-refractivity contribution in [2.45, 2.75) is 19.8 Å². The molecule has 0 aliphatic rings. The summed E-state index contributed by atoms with van der Waals surface area (Å²) in [6.07, 6.45) is 0. The van der Waals surface area contributed by atoms with Gasteiger partial charge in [0.05, 0.1) is 0 Å². The van der Waals surface area contributed by atoms with Gasteiger partial charge in [-0.2, -0.15) is 0 Å². The third kappa shape index (κ3) is 2.47. The fourth-order valence-electron chi connectivity index (χ4n) is 2.75. The van der Waals surface area contributed by atoms with Crippen molar-refractivity contribution in [1.29, 1.82) is 0 Å². The molecular weight excluding hydrogens is 282 g/mol. The Morgan fingerprint density at radius 3 is 2.43 bits per heavy atom. The summed E-state index contributed by atoms with van der Waals surface area (Å²) in [5.41, 5.74) is 3.61. The summed E-state index contributed by atoms with van der Waals surface area (Å²) in [5.74, 6) is 0.132. The second kappa shape index (κ2) is 5.38. The van der Waals surface area contributed by atoms with Gasteiger partial charge in [-0.1, -0.05) is 55.8 Å². The van der Waals surface area contributed by atoms with Crippen LogP contribution in [-0.2, 0) is 0 Å². The van der Waals surface area contributed by atoms with Gasteiger partial charge in [-0.25, -0.2) is 0 Å². The molecule has 3 heteroatoms. The van der Waals surface area contributed by atoms with Gasteiger partial charge in [0.2, 0.25) is 0 Å². The fourth-order valence-corrected chi connectivity index (χ4v) is 2.92. The van der Waals surface area contributed by atoms with E-state index in [9.17, 15) is 4.79 Å². The van der Waals surface area contributed by atoms with E-state index in [0.717, 1.165) is 27.6 Å². The third-order valence-electron chi connectivity index (χ3n) is 3.65. The van der Waals surface area contributed by atoms with Crippen LogP contribution in [0.4, 0.5) is 0 Å². The first kappa shape index (κ1) is 13.9. The van der Waals surface area contributed by atoms with Crippen molar-refractivity contribution in [3.8, 4) is 11.1 Å². The topological polar surface area (TPSA) is 32.9 Å². The Hall–Kier alpha value is -2.06. The van der Waals surface area contributed by atoms with Crippen LogP contribution in [0.3, 0.4) is 0 Å². The highest BCUT2D eigenvalue weighted by atomic mass is 35.5. The Morgan fingerprint density at radius 1 is 1.05 bits per heavy atom. The van der Waals surface area contributed by atoms with Crippen LogP contribution in [0.1, 0.15) is 25.3 Å². The average Bonchev–Trinajstić information content (AvgIpc) is 2.47. The molecule has 0 saturated carbocycles. The van der Waals surface area contributed by atoms with Crippen LogP contribution in [0.25, 0.3) is 22.0 Å². The van der Waals surface area contributed by atoms with Crippen LogP contribution in [-0.4, -0.2) is 4.98 Å². The first-order valence-corrected chi connectivity index (χ1v) is 7.36. The number of nitrogens with one attached hydrogen (secondary N) is 1. The predicted molar refractivity (Wildman–Crippen MR) is 89.1 cm³/mol. The van der Waals surface area contributed by atoms with E-state index in [1.54, 1.807) is 6.07 Å². The Bertz CT molecular complexity index is 850. The van der Waals surface area contributed by atoms with E-state index < -0.39 is 0 Å². The van der Waals surface area contributed by atoms with Gasteiger partial charge < -0.3 is 4.98 Å². The molecule has 106 valence electrons. The monoisotopic (exact) mass is 297 g/mol. The lowest BCUT2D eigenvalue weighted by atomic mass is 9.91. The summed E-state index contributed by atoms with van der Waals surface area (Å²) >= 11 is 6.16. The maximum atomic E-state index is 12.5.